The molecular weight excluding hydrogens is 454 g/mol. The number of nitro groups is 1. The van der Waals surface area contributed by atoms with E-state index in [1.165, 1.54) is 18.2 Å². The second kappa shape index (κ2) is 9.19. The van der Waals surface area contributed by atoms with Crippen LogP contribution in [0.2, 0.25) is 0 Å². The Morgan fingerprint density at radius 1 is 0.867 bits per heavy atom. The molecule has 0 unspecified atom stereocenters. The van der Waals surface area contributed by atoms with Crippen molar-refractivity contribution in [2.75, 3.05) is 17.7 Å². The molecule has 2 amide bonds. The zero-order chi connectivity index (χ0) is 21.7. The molecule has 3 aromatic carbocycles. The normalized spacial score (nSPS) is 10.2. The zero-order valence-electron chi connectivity index (χ0n) is 15.7. The quantitative estimate of drug-likeness (QED) is 0.395. The van der Waals surface area contributed by atoms with Crippen molar-refractivity contribution in [3.8, 4) is 5.75 Å². The summed E-state index contributed by atoms with van der Waals surface area (Å²) >= 11 is 3.08. The Kier molecular flexibility index (Phi) is 6.43. The first-order valence-corrected chi connectivity index (χ1v) is 9.47. The standard InChI is InChI=1S/C21H16BrN3O5/c1-30-17-9-7-16(8-10-17)23-20(26)13-2-5-15(6-3-13)24-21(27)14-4-11-18(22)19(12-14)25(28)29/h2-12H,1H3,(H,23,26)(H,24,27). The van der Waals surface area contributed by atoms with Gasteiger partial charge in [-0.25, -0.2) is 0 Å². The van der Waals surface area contributed by atoms with E-state index in [1.807, 2.05) is 0 Å². The maximum absolute atomic E-state index is 12.4. The van der Waals surface area contributed by atoms with E-state index in [4.69, 9.17) is 4.74 Å². The Hall–Kier alpha value is -3.72. The summed E-state index contributed by atoms with van der Waals surface area (Å²) in [4.78, 5) is 35.2. The van der Waals surface area contributed by atoms with Crippen LogP contribution in [0, 0.1) is 10.1 Å². The fraction of sp³-hybridized carbons (Fsp3) is 0.0476. The highest BCUT2D eigenvalue weighted by atomic mass is 79.9. The van der Waals surface area contributed by atoms with Crippen LogP contribution in [0.25, 0.3) is 0 Å². The van der Waals surface area contributed by atoms with Gasteiger partial charge in [0.15, 0.2) is 0 Å². The molecule has 0 heterocycles. The van der Waals surface area contributed by atoms with Gasteiger partial charge in [0, 0.05) is 28.6 Å². The van der Waals surface area contributed by atoms with E-state index in [1.54, 1.807) is 55.6 Å². The minimum atomic E-state index is -0.572. The first-order valence-electron chi connectivity index (χ1n) is 8.68. The molecule has 0 atom stereocenters. The maximum Gasteiger partial charge on any atom is 0.284 e. The molecule has 0 saturated carbocycles. The van der Waals surface area contributed by atoms with Crippen molar-refractivity contribution in [3.63, 3.8) is 0 Å². The minimum absolute atomic E-state index is 0.145. The molecule has 0 bridgehead atoms. The summed E-state index contributed by atoms with van der Waals surface area (Å²) in [5, 5.41) is 16.4. The highest BCUT2D eigenvalue weighted by Gasteiger charge is 2.16. The monoisotopic (exact) mass is 469 g/mol. The van der Waals surface area contributed by atoms with E-state index in [0.29, 0.717) is 22.7 Å². The van der Waals surface area contributed by atoms with Gasteiger partial charge in [-0.3, -0.25) is 19.7 Å². The van der Waals surface area contributed by atoms with Crippen molar-refractivity contribution in [2.45, 2.75) is 0 Å². The highest BCUT2D eigenvalue weighted by Crippen LogP contribution is 2.26. The van der Waals surface area contributed by atoms with Crippen LogP contribution >= 0.6 is 15.9 Å². The van der Waals surface area contributed by atoms with Crippen LogP contribution in [0.3, 0.4) is 0 Å². The number of nitrogens with zero attached hydrogens (tertiary/aromatic N) is 1. The summed E-state index contributed by atoms with van der Waals surface area (Å²) in [6, 6.07) is 17.3. The Labute approximate surface area is 180 Å². The molecule has 2 N–H and O–H groups in total. The largest absolute Gasteiger partial charge is 0.497 e. The summed E-state index contributed by atoms with van der Waals surface area (Å²) in [6.45, 7) is 0. The maximum atomic E-state index is 12.4. The van der Waals surface area contributed by atoms with E-state index in [2.05, 4.69) is 26.6 Å². The van der Waals surface area contributed by atoms with Gasteiger partial charge < -0.3 is 15.4 Å². The number of anilines is 2. The van der Waals surface area contributed by atoms with E-state index in [-0.39, 0.29) is 21.6 Å². The lowest BCUT2D eigenvalue weighted by molar-refractivity contribution is -0.385. The SMILES string of the molecule is COc1ccc(NC(=O)c2ccc(NC(=O)c3ccc(Br)c([N+](=O)[O-])c3)cc2)cc1. The Balaban J connectivity index is 1.66. The molecule has 0 radical (unpaired) electrons. The second-order valence-corrected chi connectivity index (χ2v) is 6.99. The van der Waals surface area contributed by atoms with Crippen LogP contribution in [0.5, 0.6) is 5.75 Å². The van der Waals surface area contributed by atoms with Crippen LogP contribution in [0.4, 0.5) is 17.1 Å². The molecule has 3 aromatic rings. The Bertz CT molecular complexity index is 1100. The summed E-state index contributed by atoms with van der Waals surface area (Å²) in [6.07, 6.45) is 0. The topological polar surface area (TPSA) is 111 Å². The summed E-state index contributed by atoms with van der Waals surface area (Å²) in [5.74, 6) is -0.119. The lowest BCUT2D eigenvalue weighted by Gasteiger charge is -2.08. The van der Waals surface area contributed by atoms with Gasteiger partial charge in [-0.15, -0.1) is 0 Å². The number of ether oxygens (including phenoxy) is 1. The lowest BCUT2D eigenvalue weighted by Crippen LogP contribution is -2.14. The molecular formula is C21H16BrN3O5. The van der Waals surface area contributed by atoms with Crippen molar-refractivity contribution in [2.24, 2.45) is 0 Å². The van der Waals surface area contributed by atoms with Crippen molar-refractivity contribution in [1.82, 2.24) is 0 Å². The summed E-state index contributed by atoms with van der Waals surface area (Å²) in [5.41, 5.74) is 1.42. The minimum Gasteiger partial charge on any atom is -0.497 e. The predicted molar refractivity (Wildman–Crippen MR) is 116 cm³/mol. The van der Waals surface area contributed by atoms with E-state index in [9.17, 15) is 19.7 Å². The molecule has 0 aromatic heterocycles. The molecule has 8 nitrogen and oxygen atoms in total. The van der Waals surface area contributed by atoms with Crippen LogP contribution < -0.4 is 15.4 Å². The Morgan fingerprint density at radius 3 is 1.90 bits per heavy atom. The molecule has 30 heavy (non-hydrogen) atoms. The van der Waals surface area contributed by atoms with Crippen LogP contribution in [-0.2, 0) is 0 Å². The third kappa shape index (κ3) is 5.00. The number of benzene rings is 3. The van der Waals surface area contributed by atoms with Crippen molar-refractivity contribution >= 4 is 44.8 Å². The number of hydrogen-bond acceptors (Lipinski definition) is 5. The Morgan fingerprint density at radius 2 is 1.37 bits per heavy atom. The van der Waals surface area contributed by atoms with Crippen LogP contribution in [-0.4, -0.2) is 23.8 Å². The lowest BCUT2D eigenvalue weighted by atomic mass is 10.1. The van der Waals surface area contributed by atoms with Gasteiger partial charge in [-0.1, -0.05) is 0 Å². The third-order valence-corrected chi connectivity index (χ3v) is 4.83. The van der Waals surface area contributed by atoms with Crippen molar-refractivity contribution in [1.29, 1.82) is 0 Å². The van der Waals surface area contributed by atoms with Gasteiger partial charge in [-0.05, 0) is 76.6 Å². The first-order chi connectivity index (χ1) is 14.4. The molecule has 3 rings (SSSR count). The van der Waals surface area contributed by atoms with Gasteiger partial charge in [-0.2, -0.15) is 0 Å². The molecule has 9 heteroatoms. The average molecular weight is 470 g/mol. The summed E-state index contributed by atoms with van der Waals surface area (Å²) < 4.78 is 5.36. The number of carbonyl (C=O) groups is 2. The molecule has 0 saturated heterocycles. The summed E-state index contributed by atoms with van der Waals surface area (Å²) in [7, 11) is 1.56. The number of nitrogens with one attached hydrogen (secondary N) is 2. The molecule has 152 valence electrons. The van der Waals surface area contributed by atoms with Gasteiger partial charge in [0.1, 0.15) is 5.75 Å². The fourth-order valence-corrected chi connectivity index (χ4v) is 2.97. The fourth-order valence-electron chi connectivity index (χ4n) is 2.58. The zero-order valence-corrected chi connectivity index (χ0v) is 17.3. The second-order valence-electron chi connectivity index (χ2n) is 6.14. The van der Waals surface area contributed by atoms with Crippen LogP contribution in [0.1, 0.15) is 20.7 Å². The van der Waals surface area contributed by atoms with Gasteiger partial charge >= 0.3 is 0 Å². The number of rotatable bonds is 6. The average Bonchev–Trinajstić information content (AvgIpc) is 2.74. The number of halogens is 1. The number of methoxy groups -OCH3 is 1. The number of hydrogen-bond donors (Lipinski definition) is 2. The van der Waals surface area contributed by atoms with Gasteiger partial charge in [0.05, 0.1) is 16.5 Å². The molecule has 0 fully saturated rings. The van der Waals surface area contributed by atoms with Gasteiger partial charge in [0.2, 0.25) is 0 Å². The number of carbonyl (C=O) groups excluding carboxylic acids is 2. The predicted octanol–water partition coefficient (Wildman–Crippen LogP) is 4.87. The molecule has 0 aliphatic carbocycles. The molecule has 0 aliphatic heterocycles. The van der Waals surface area contributed by atoms with Crippen molar-refractivity contribution < 1.29 is 19.2 Å². The smallest absolute Gasteiger partial charge is 0.284 e. The first kappa shape index (κ1) is 21.0. The third-order valence-electron chi connectivity index (χ3n) is 4.16. The number of amides is 2. The van der Waals surface area contributed by atoms with Crippen molar-refractivity contribution in [3.05, 3.63) is 92.4 Å². The van der Waals surface area contributed by atoms with Gasteiger partial charge in [0.25, 0.3) is 17.5 Å². The van der Waals surface area contributed by atoms with E-state index in [0.717, 1.165) is 0 Å². The van der Waals surface area contributed by atoms with Crippen LogP contribution in [0.15, 0.2) is 71.2 Å². The van der Waals surface area contributed by atoms with E-state index < -0.39 is 10.8 Å². The van der Waals surface area contributed by atoms with E-state index >= 15 is 0 Å². The number of nitro benzene ring substituents is 1. The molecule has 0 spiro atoms. The highest BCUT2D eigenvalue weighted by molar-refractivity contribution is 9.10. The molecule has 0 aliphatic rings.